The molecule has 3 heteroatoms. The van der Waals surface area contributed by atoms with E-state index in [9.17, 15) is 0 Å². The summed E-state index contributed by atoms with van der Waals surface area (Å²) >= 11 is 3.41. The molecule has 0 bridgehead atoms. The molecule has 2 rings (SSSR count). The van der Waals surface area contributed by atoms with E-state index in [1.807, 2.05) is 42.5 Å². The first-order valence-electron chi connectivity index (χ1n) is 5.05. The van der Waals surface area contributed by atoms with Gasteiger partial charge in [-0.25, -0.2) is 0 Å². The number of halogens is 1. The van der Waals surface area contributed by atoms with E-state index in [0.717, 1.165) is 26.9 Å². The highest BCUT2D eigenvalue weighted by molar-refractivity contribution is 9.10. The van der Waals surface area contributed by atoms with E-state index in [1.54, 1.807) is 0 Å². The van der Waals surface area contributed by atoms with E-state index in [2.05, 4.69) is 15.9 Å². The van der Waals surface area contributed by atoms with Crippen LogP contribution in [0.4, 0.5) is 5.69 Å². The fraction of sp³-hybridized carbons (Fsp3) is 0.0769. The van der Waals surface area contributed by atoms with Crippen molar-refractivity contribution in [3.63, 3.8) is 0 Å². The van der Waals surface area contributed by atoms with E-state index < -0.39 is 0 Å². The fourth-order valence-electron chi connectivity index (χ4n) is 1.61. The van der Waals surface area contributed by atoms with Crippen LogP contribution in [-0.2, 0) is 6.54 Å². The smallest absolute Gasteiger partial charge is 0.0393 e. The van der Waals surface area contributed by atoms with E-state index in [-0.39, 0.29) is 0 Å². The number of anilines is 1. The van der Waals surface area contributed by atoms with Gasteiger partial charge in [-0.15, -0.1) is 0 Å². The van der Waals surface area contributed by atoms with E-state index in [4.69, 9.17) is 11.5 Å². The summed E-state index contributed by atoms with van der Waals surface area (Å²) in [7, 11) is 0. The second-order valence-corrected chi connectivity index (χ2v) is 4.55. The first-order chi connectivity index (χ1) is 7.70. The van der Waals surface area contributed by atoms with Crippen LogP contribution in [0.3, 0.4) is 0 Å². The molecule has 0 saturated heterocycles. The molecule has 0 unspecified atom stereocenters. The highest BCUT2D eigenvalue weighted by Gasteiger charge is 2.03. The van der Waals surface area contributed by atoms with Crippen molar-refractivity contribution in [2.75, 3.05) is 5.73 Å². The maximum absolute atomic E-state index is 5.96. The van der Waals surface area contributed by atoms with Gasteiger partial charge in [0.05, 0.1) is 0 Å². The monoisotopic (exact) mass is 276 g/mol. The Bertz CT molecular complexity index is 492. The number of nitrogen functional groups attached to an aromatic ring is 1. The summed E-state index contributed by atoms with van der Waals surface area (Å²) < 4.78 is 1.06. The topological polar surface area (TPSA) is 52.0 Å². The lowest BCUT2D eigenvalue weighted by Gasteiger charge is -2.08. The van der Waals surface area contributed by atoms with Crippen LogP contribution >= 0.6 is 15.9 Å². The highest BCUT2D eigenvalue weighted by atomic mass is 79.9. The first-order valence-corrected chi connectivity index (χ1v) is 5.84. The summed E-state index contributed by atoms with van der Waals surface area (Å²) in [6.07, 6.45) is 0. The van der Waals surface area contributed by atoms with Crippen molar-refractivity contribution in [2.24, 2.45) is 5.73 Å². The molecule has 82 valence electrons. The van der Waals surface area contributed by atoms with Crippen LogP contribution in [0.25, 0.3) is 11.1 Å². The summed E-state index contributed by atoms with van der Waals surface area (Å²) in [4.78, 5) is 0. The second-order valence-electron chi connectivity index (χ2n) is 3.63. The van der Waals surface area contributed by atoms with Gasteiger partial charge in [0.25, 0.3) is 0 Å². The third kappa shape index (κ3) is 2.26. The molecule has 2 nitrogen and oxygen atoms in total. The van der Waals surface area contributed by atoms with Gasteiger partial charge in [-0.2, -0.15) is 0 Å². The third-order valence-corrected chi connectivity index (χ3v) is 3.04. The molecule has 0 aliphatic heterocycles. The van der Waals surface area contributed by atoms with Crippen molar-refractivity contribution in [3.8, 4) is 11.1 Å². The van der Waals surface area contributed by atoms with Gasteiger partial charge < -0.3 is 11.5 Å². The van der Waals surface area contributed by atoms with Gasteiger partial charge in [0.15, 0.2) is 0 Å². The van der Waals surface area contributed by atoms with Gasteiger partial charge in [0, 0.05) is 22.3 Å². The van der Waals surface area contributed by atoms with Crippen LogP contribution in [0.2, 0.25) is 0 Å². The Balaban J connectivity index is 2.50. The first kappa shape index (κ1) is 11.2. The summed E-state index contributed by atoms with van der Waals surface area (Å²) in [5, 5.41) is 0. The highest BCUT2D eigenvalue weighted by Crippen LogP contribution is 2.28. The van der Waals surface area contributed by atoms with Crippen LogP contribution in [0, 0.1) is 0 Å². The van der Waals surface area contributed by atoms with Crippen LogP contribution in [0.1, 0.15) is 5.56 Å². The molecular formula is C13H13BrN2. The van der Waals surface area contributed by atoms with Gasteiger partial charge >= 0.3 is 0 Å². The number of rotatable bonds is 2. The summed E-state index contributed by atoms with van der Waals surface area (Å²) in [5.41, 5.74) is 15.6. The minimum atomic E-state index is 0.532. The van der Waals surface area contributed by atoms with Gasteiger partial charge in [0.2, 0.25) is 0 Å². The number of hydrogen-bond donors (Lipinski definition) is 2. The largest absolute Gasteiger partial charge is 0.398 e. The molecule has 0 aromatic heterocycles. The molecule has 2 aromatic carbocycles. The molecule has 16 heavy (non-hydrogen) atoms. The zero-order valence-corrected chi connectivity index (χ0v) is 10.4. The van der Waals surface area contributed by atoms with Crippen molar-refractivity contribution < 1.29 is 0 Å². The number of nitrogens with two attached hydrogens (primary N) is 2. The van der Waals surface area contributed by atoms with Crippen molar-refractivity contribution in [2.45, 2.75) is 6.54 Å². The molecule has 0 atom stereocenters. The average Bonchev–Trinajstić information content (AvgIpc) is 2.31. The normalized spacial score (nSPS) is 10.4. The minimum absolute atomic E-state index is 0.532. The zero-order valence-electron chi connectivity index (χ0n) is 8.78. The Kier molecular flexibility index (Phi) is 3.27. The van der Waals surface area contributed by atoms with Gasteiger partial charge in [0.1, 0.15) is 0 Å². The fourth-order valence-corrected chi connectivity index (χ4v) is 1.87. The number of benzene rings is 2. The van der Waals surface area contributed by atoms with Crippen molar-refractivity contribution in [1.29, 1.82) is 0 Å². The molecule has 0 heterocycles. The lowest BCUT2D eigenvalue weighted by Crippen LogP contribution is -1.98. The van der Waals surface area contributed by atoms with E-state index in [1.165, 1.54) is 0 Å². The maximum Gasteiger partial charge on any atom is 0.0393 e. The molecule has 0 radical (unpaired) electrons. The van der Waals surface area contributed by atoms with Crippen LogP contribution in [0.15, 0.2) is 46.9 Å². The maximum atomic E-state index is 5.96. The predicted molar refractivity (Wildman–Crippen MR) is 71.9 cm³/mol. The predicted octanol–water partition coefficient (Wildman–Crippen LogP) is 3.16. The van der Waals surface area contributed by atoms with E-state index >= 15 is 0 Å². The average molecular weight is 277 g/mol. The molecule has 0 saturated carbocycles. The van der Waals surface area contributed by atoms with Gasteiger partial charge in [-0.05, 0) is 35.4 Å². The van der Waals surface area contributed by atoms with Crippen molar-refractivity contribution in [3.05, 3.63) is 52.5 Å². The quantitative estimate of drug-likeness (QED) is 0.828. The summed E-state index contributed by atoms with van der Waals surface area (Å²) in [5.74, 6) is 0. The molecule has 0 spiro atoms. The van der Waals surface area contributed by atoms with Crippen LogP contribution in [0.5, 0.6) is 0 Å². The molecule has 0 fully saturated rings. The Hall–Kier alpha value is -1.32. The molecule has 0 aliphatic rings. The second kappa shape index (κ2) is 4.68. The number of hydrogen-bond acceptors (Lipinski definition) is 2. The Labute approximate surface area is 103 Å². The lowest BCUT2D eigenvalue weighted by molar-refractivity contribution is 1.07. The van der Waals surface area contributed by atoms with Crippen molar-refractivity contribution >= 4 is 21.6 Å². The van der Waals surface area contributed by atoms with Gasteiger partial charge in [-0.1, -0.05) is 34.1 Å². The van der Waals surface area contributed by atoms with E-state index in [0.29, 0.717) is 6.54 Å². The van der Waals surface area contributed by atoms with Crippen LogP contribution < -0.4 is 11.5 Å². The standard InChI is InChI=1S/C13H13BrN2/c14-11-4-2-10(3-5-11)12-7-9(8-15)1-6-13(12)16/h1-7H,8,15-16H2. The SMILES string of the molecule is NCc1ccc(N)c(-c2ccc(Br)cc2)c1. The van der Waals surface area contributed by atoms with Crippen LogP contribution in [-0.4, -0.2) is 0 Å². The summed E-state index contributed by atoms with van der Waals surface area (Å²) in [6.45, 7) is 0.532. The van der Waals surface area contributed by atoms with Gasteiger partial charge in [-0.3, -0.25) is 0 Å². The zero-order chi connectivity index (χ0) is 11.5. The minimum Gasteiger partial charge on any atom is -0.398 e. The molecule has 0 aliphatic carbocycles. The molecule has 4 N–H and O–H groups in total. The Morgan fingerprint density at radius 3 is 2.31 bits per heavy atom. The molecule has 2 aromatic rings. The van der Waals surface area contributed by atoms with Crippen molar-refractivity contribution in [1.82, 2.24) is 0 Å². The third-order valence-electron chi connectivity index (χ3n) is 2.51. The molecular weight excluding hydrogens is 264 g/mol. The lowest BCUT2D eigenvalue weighted by atomic mass is 10.0. The summed E-state index contributed by atoms with van der Waals surface area (Å²) in [6, 6.07) is 14.0. The molecule has 0 amide bonds. The Morgan fingerprint density at radius 1 is 1.00 bits per heavy atom. The Morgan fingerprint density at radius 2 is 1.69 bits per heavy atom.